The molecular formula is C12H22N4O. The first-order chi connectivity index (χ1) is 8.17. The monoisotopic (exact) mass is 238 g/mol. The number of hydrogen-bond donors (Lipinski definition) is 1. The zero-order chi connectivity index (χ0) is 12.3. The van der Waals surface area contributed by atoms with Gasteiger partial charge in [0, 0.05) is 13.7 Å². The van der Waals surface area contributed by atoms with Crippen LogP contribution in [0.25, 0.3) is 0 Å². The summed E-state index contributed by atoms with van der Waals surface area (Å²) in [6, 6.07) is 0.171. The van der Waals surface area contributed by atoms with Crippen molar-refractivity contribution in [3.8, 4) is 0 Å². The van der Waals surface area contributed by atoms with Gasteiger partial charge < -0.3 is 10.1 Å². The second kappa shape index (κ2) is 5.14. The summed E-state index contributed by atoms with van der Waals surface area (Å²) in [4.78, 5) is 0. The van der Waals surface area contributed by atoms with Gasteiger partial charge in [0.15, 0.2) is 0 Å². The number of aromatic nitrogens is 3. The summed E-state index contributed by atoms with van der Waals surface area (Å²) in [5.41, 5.74) is 0.966. The molecule has 0 radical (unpaired) electrons. The highest BCUT2D eigenvalue weighted by molar-refractivity contribution is 5.10. The van der Waals surface area contributed by atoms with Gasteiger partial charge in [0.1, 0.15) is 0 Å². The first-order valence-corrected chi connectivity index (χ1v) is 6.39. The molecule has 1 aromatic rings. The fourth-order valence-corrected chi connectivity index (χ4v) is 2.51. The van der Waals surface area contributed by atoms with E-state index in [1.165, 1.54) is 0 Å². The molecule has 1 saturated heterocycles. The van der Waals surface area contributed by atoms with Crippen LogP contribution in [-0.4, -0.2) is 33.7 Å². The van der Waals surface area contributed by atoms with Crippen LogP contribution in [-0.2, 0) is 11.8 Å². The molecule has 96 valence electrons. The lowest BCUT2D eigenvalue weighted by Gasteiger charge is -2.33. The zero-order valence-corrected chi connectivity index (χ0v) is 10.9. The van der Waals surface area contributed by atoms with Gasteiger partial charge in [0.2, 0.25) is 0 Å². The Morgan fingerprint density at radius 3 is 3.00 bits per heavy atom. The maximum atomic E-state index is 5.95. The average Bonchev–Trinajstić information content (AvgIpc) is 2.90. The second-order valence-electron chi connectivity index (χ2n) is 4.93. The first-order valence-electron chi connectivity index (χ1n) is 6.39. The molecule has 5 heteroatoms. The van der Waals surface area contributed by atoms with E-state index in [4.69, 9.17) is 4.74 Å². The molecular weight excluding hydrogens is 216 g/mol. The Morgan fingerprint density at radius 2 is 2.47 bits per heavy atom. The van der Waals surface area contributed by atoms with Crippen LogP contribution < -0.4 is 5.32 Å². The van der Waals surface area contributed by atoms with Crippen LogP contribution in [0.1, 0.15) is 44.8 Å². The van der Waals surface area contributed by atoms with Crippen LogP contribution in [0.4, 0.5) is 0 Å². The largest absolute Gasteiger partial charge is 0.373 e. The van der Waals surface area contributed by atoms with Crippen LogP contribution in [0, 0.1) is 0 Å². The molecule has 1 aliphatic heterocycles. The number of ether oxygens (including phenoxy) is 1. The normalized spacial score (nSPS) is 26.3. The van der Waals surface area contributed by atoms with Crippen LogP contribution in [0.3, 0.4) is 0 Å². The maximum Gasteiger partial charge on any atom is 0.0865 e. The number of hydrogen-bond acceptors (Lipinski definition) is 4. The van der Waals surface area contributed by atoms with Crippen molar-refractivity contribution in [2.75, 3.05) is 13.2 Å². The van der Waals surface area contributed by atoms with E-state index in [1.807, 2.05) is 17.9 Å². The molecule has 2 heterocycles. The first kappa shape index (κ1) is 12.5. The molecule has 1 aromatic heterocycles. The lowest BCUT2D eigenvalue weighted by atomic mass is 9.90. The van der Waals surface area contributed by atoms with E-state index in [1.54, 1.807) is 0 Å². The summed E-state index contributed by atoms with van der Waals surface area (Å²) < 4.78 is 7.78. The molecule has 1 N–H and O–H groups in total. The Morgan fingerprint density at radius 1 is 1.65 bits per heavy atom. The molecule has 0 aromatic carbocycles. The second-order valence-corrected chi connectivity index (χ2v) is 4.93. The molecule has 2 unspecified atom stereocenters. The SMILES string of the molecule is CCCNC(c1cnnn1C)C1(C)CCCO1. The van der Waals surface area contributed by atoms with Crippen LogP contribution >= 0.6 is 0 Å². The van der Waals surface area contributed by atoms with Gasteiger partial charge in [-0.1, -0.05) is 12.1 Å². The quantitative estimate of drug-likeness (QED) is 0.843. The standard InChI is InChI=1S/C12H22N4O/c1-4-7-13-11(10-9-14-15-16(10)3)12(2)6-5-8-17-12/h9,11,13H,4-8H2,1-3H3. The molecule has 0 aliphatic carbocycles. The van der Waals surface area contributed by atoms with E-state index in [0.717, 1.165) is 38.1 Å². The van der Waals surface area contributed by atoms with Crippen molar-refractivity contribution >= 4 is 0 Å². The predicted molar refractivity (Wildman–Crippen MR) is 65.6 cm³/mol. The van der Waals surface area contributed by atoms with Crippen LogP contribution in [0.5, 0.6) is 0 Å². The van der Waals surface area contributed by atoms with Crippen molar-refractivity contribution in [1.82, 2.24) is 20.3 Å². The summed E-state index contributed by atoms with van der Waals surface area (Å²) in [5.74, 6) is 0. The minimum Gasteiger partial charge on any atom is -0.373 e. The van der Waals surface area contributed by atoms with Crippen LogP contribution in [0.15, 0.2) is 6.20 Å². The Labute approximate surface area is 103 Å². The van der Waals surface area contributed by atoms with E-state index in [0.29, 0.717) is 0 Å². The highest BCUT2D eigenvalue weighted by Gasteiger charge is 2.40. The van der Waals surface area contributed by atoms with E-state index in [-0.39, 0.29) is 11.6 Å². The highest BCUT2D eigenvalue weighted by Crippen LogP contribution is 2.36. The third-order valence-corrected chi connectivity index (χ3v) is 3.50. The summed E-state index contributed by atoms with van der Waals surface area (Å²) >= 11 is 0. The van der Waals surface area contributed by atoms with Crippen molar-refractivity contribution in [2.45, 2.75) is 44.8 Å². The summed E-state index contributed by atoms with van der Waals surface area (Å²) in [6.45, 7) is 6.19. The van der Waals surface area contributed by atoms with Gasteiger partial charge in [-0.25, -0.2) is 0 Å². The summed E-state index contributed by atoms with van der Waals surface area (Å²) in [7, 11) is 1.93. The molecule has 1 aliphatic rings. The molecule has 5 nitrogen and oxygen atoms in total. The van der Waals surface area contributed by atoms with Gasteiger partial charge in [0.05, 0.1) is 23.5 Å². The van der Waals surface area contributed by atoms with Gasteiger partial charge in [0.25, 0.3) is 0 Å². The van der Waals surface area contributed by atoms with Gasteiger partial charge in [-0.05, 0) is 32.7 Å². The molecule has 0 amide bonds. The Balaban J connectivity index is 2.21. The minimum atomic E-state index is -0.134. The topological polar surface area (TPSA) is 52.0 Å². The lowest BCUT2D eigenvalue weighted by Crippen LogP contribution is -2.42. The summed E-state index contributed by atoms with van der Waals surface area (Å²) in [6.07, 6.45) is 5.16. The van der Waals surface area contributed by atoms with Crippen molar-refractivity contribution in [1.29, 1.82) is 0 Å². The van der Waals surface area contributed by atoms with Crippen molar-refractivity contribution in [3.05, 3.63) is 11.9 Å². The third kappa shape index (κ3) is 2.50. The number of aryl methyl sites for hydroxylation is 1. The predicted octanol–water partition coefficient (Wildman–Crippen LogP) is 1.42. The molecule has 17 heavy (non-hydrogen) atoms. The Bertz CT molecular complexity index is 357. The van der Waals surface area contributed by atoms with Crippen molar-refractivity contribution in [3.63, 3.8) is 0 Å². The Hall–Kier alpha value is -0.940. The molecule has 2 rings (SSSR count). The minimum absolute atomic E-state index is 0.134. The molecule has 1 fully saturated rings. The summed E-state index contributed by atoms with van der Waals surface area (Å²) in [5, 5.41) is 11.6. The van der Waals surface area contributed by atoms with Crippen LogP contribution in [0.2, 0.25) is 0 Å². The number of rotatable bonds is 5. The van der Waals surface area contributed by atoms with Crippen molar-refractivity contribution < 1.29 is 4.74 Å². The average molecular weight is 238 g/mol. The maximum absolute atomic E-state index is 5.95. The molecule has 0 bridgehead atoms. The highest BCUT2D eigenvalue weighted by atomic mass is 16.5. The van der Waals surface area contributed by atoms with E-state index in [2.05, 4.69) is 29.5 Å². The van der Waals surface area contributed by atoms with Gasteiger partial charge >= 0.3 is 0 Å². The number of nitrogens with zero attached hydrogens (tertiary/aromatic N) is 3. The number of nitrogens with one attached hydrogen (secondary N) is 1. The molecule has 0 spiro atoms. The zero-order valence-electron chi connectivity index (χ0n) is 10.9. The third-order valence-electron chi connectivity index (χ3n) is 3.50. The lowest BCUT2D eigenvalue weighted by molar-refractivity contribution is -0.0145. The fourth-order valence-electron chi connectivity index (χ4n) is 2.51. The van der Waals surface area contributed by atoms with Gasteiger partial charge in [-0.15, -0.1) is 5.10 Å². The van der Waals surface area contributed by atoms with E-state index < -0.39 is 0 Å². The van der Waals surface area contributed by atoms with Gasteiger partial charge in [-0.2, -0.15) is 0 Å². The van der Waals surface area contributed by atoms with E-state index >= 15 is 0 Å². The van der Waals surface area contributed by atoms with E-state index in [9.17, 15) is 0 Å². The van der Waals surface area contributed by atoms with Gasteiger partial charge in [-0.3, -0.25) is 4.68 Å². The molecule has 2 atom stereocenters. The smallest absolute Gasteiger partial charge is 0.0865 e. The molecule has 0 saturated carbocycles. The Kier molecular flexibility index (Phi) is 3.79. The fraction of sp³-hybridized carbons (Fsp3) is 0.833. The van der Waals surface area contributed by atoms with Crippen molar-refractivity contribution in [2.24, 2.45) is 7.05 Å².